The summed E-state index contributed by atoms with van der Waals surface area (Å²) in [5, 5.41) is 3.50. The van der Waals surface area contributed by atoms with Gasteiger partial charge in [-0.15, -0.1) is 0 Å². The van der Waals surface area contributed by atoms with Crippen molar-refractivity contribution in [2.24, 2.45) is 0 Å². The molecule has 0 heterocycles. The van der Waals surface area contributed by atoms with E-state index in [0.717, 1.165) is 10.9 Å². The molecule has 1 aliphatic carbocycles. The summed E-state index contributed by atoms with van der Waals surface area (Å²) < 4.78 is 5.50. The molecule has 0 aromatic heterocycles. The number of carbonyl (C=O) groups is 1. The third kappa shape index (κ3) is 4.36. The molecular formula is C25H20BrNO2. The second-order valence-electron chi connectivity index (χ2n) is 6.81. The molecule has 3 aromatic carbocycles. The minimum Gasteiger partial charge on any atom is -0.449 e. The number of alkyl halides is 1. The first-order valence-electron chi connectivity index (χ1n) is 9.49. The molecule has 0 atom stereocenters. The van der Waals surface area contributed by atoms with Crippen molar-refractivity contribution in [3.63, 3.8) is 0 Å². The van der Waals surface area contributed by atoms with Gasteiger partial charge in [0.1, 0.15) is 6.61 Å². The van der Waals surface area contributed by atoms with E-state index in [9.17, 15) is 4.79 Å². The largest absolute Gasteiger partial charge is 0.449 e. The maximum Gasteiger partial charge on any atom is 0.407 e. The molecule has 144 valence electrons. The van der Waals surface area contributed by atoms with Gasteiger partial charge in [-0.05, 0) is 39.9 Å². The SMILES string of the molecule is O=C(NCC#Cc1cccc(CBr)c1)OCC1c2ccccc2-c2ccccc21. The Labute approximate surface area is 179 Å². The number of alkyl carbamates (subject to hydrolysis) is 1. The Morgan fingerprint density at radius 1 is 0.966 bits per heavy atom. The van der Waals surface area contributed by atoms with Crippen molar-refractivity contribution in [2.45, 2.75) is 11.2 Å². The number of halogens is 1. The highest BCUT2D eigenvalue weighted by Gasteiger charge is 2.28. The van der Waals surface area contributed by atoms with Gasteiger partial charge in [0.05, 0.1) is 6.54 Å². The fraction of sp³-hybridized carbons (Fsp3) is 0.160. The predicted octanol–water partition coefficient (Wildman–Crippen LogP) is 5.47. The first kappa shape index (κ1) is 19.3. The zero-order chi connectivity index (χ0) is 20.1. The highest BCUT2D eigenvalue weighted by molar-refractivity contribution is 9.08. The number of rotatable bonds is 4. The van der Waals surface area contributed by atoms with Crippen LogP contribution >= 0.6 is 15.9 Å². The maximum atomic E-state index is 12.1. The summed E-state index contributed by atoms with van der Waals surface area (Å²) in [7, 11) is 0. The van der Waals surface area contributed by atoms with Crippen molar-refractivity contribution in [1.29, 1.82) is 0 Å². The Balaban J connectivity index is 1.34. The Morgan fingerprint density at radius 3 is 2.34 bits per heavy atom. The first-order chi connectivity index (χ1) is 14.3. The summed E-state index contributed by atoms with van der Waals surface area (Å²) >= 11 is 3.44. The lowest BCUT2D eigenvalue weighted by molar-refractivity contribution is 0.144. The highest BCUT2D eigenvalue weighted by atomic mass is 79.9. The molecule has 0 saturated heterocycles. The average molecular weight is 446 g/mol. The molecule has 4 rings (SSSR count). The van der Waals surface area contributed by atoms with E-state index >= 15 is 0 Å². The van der Waals surface area contributed by atoms with Crippen LogP contribution in [0.1, 0.15) is 28.2 Å². The zero-order valence-corrected chi connectivity index (χ0v) is 17.4. The smallest absolute Gasteiger partial charge is 0.407 e. The minimum atomic E-state index is -0.449. The van der Waals surface area contributed by atoms with Crippen LogP contribution in [0.3, 0.4) is 0 Å². The van der Waals surface area contributed by atoms with Crippen molar-refractivity contribution in [3.8, 4) is 23.0 Å². The lowest BCUT2D eigenvalue weighted by Crippen LogP contribution is -2.26. The summed E-state index contributed by atoms with van der Waals surface area (Å²) in [6, 6.07) is 24.6. The van der Waals surface area contributed by atoms with Gasteiger partial charge < -0.3 is 10.1 Å². The van der Waals surface area contributed by atoms with Crippen molar-refractivity contribution in [1.82, 2.24) is 5.32 Å². The van der Waals surface area contributed by atoms with Gasteiger partial charge >= 0.3 is 6.09 Å². The second-order valence-corrected chi connectivity index (χ2v) is 7.38. The van der Waals surface area contributed by atoms with Crippen LogP contribution in [0.5, 0.6) is 0 Å². The maximum absolute atomic E-state index is 12.1. The summed E-state index contributed by atoms with van der Waals surface area (Å²) in [5.74, 6) is 6.08. The van der Waals surface area contributed by atoms with Gasteiger partial charge in [-0.2, -0.15) is 0 Å². The molecule has 0 radical (unpaired) electrons. The molecule has 1 aliphatic rings. The number of amides is 1. The lowest BCUT2D eigenvalue weighted by atomic mass is 9.98. The first-order valence-corrected chi connectivity index (χ1v) is 10.6. The number of ether oxygens (including phenoxy) is 1. The van der Waals surface area contributed by atoms with E-state index in [-0.39, 0.29) is 12.5 Å². The van der Waals surface area contributed by atoms with Crippen molar-refractivity contribution >= 4 is 22.0 Å². The summed E-state index contributed by atoms with van der Waals surface area (Å²) in [6.45, 7) is 0.551. The molecule has 0 fully saturated rings. The second kappa shape index (κ2) is 8.98. The Bertz CT molecular complexity index is 1050. The quantitative estimate of drug-likeness (QED) is 0.426. The van der Waals surface area contributed by atoms with Gasteiger partial charge in [0.2, 0.25) is 0 Å². The van der Waals surface area contributed by atoms with Crippen LogP contribution < -0.4 is 5.32 Å². The van der Waals surface area contributed by atoms with Crippen LogP contribution in [0.25, 0.3) is 11.1 Å². The van der Waals surface area contributed by atoms with E-state index in [0.29, 0.717) is 6.61 Å². The molecule has 1 N–H and O–H groups in total. The van der Waals surface area contributed by atoms with Crippen LogP contribution in [-0.4, -0.2) is 19.2 Å². The molecule has 3 nitrogen and oxygen atoms in total. The van der Waals surface area contributed by atoms with Crippen molar-refractivity contribution in [3.05, 3.63) is 95.1 Å². The van der Waals surface area contributed by atoms with E-state index in [2.05, 4.69) is 57.4 Å². The number of hydrogen-bond donors (Lipinski definition) is 1. The van der Waals surface area contributed by atoms with Gasteiger partial charge in [-0.25, -0.2) is 4.79 Å². The number of benzene rings is 3. The minimum absolute atomic E-state index is 0.0613. The van der Waals surface area contributed by atoms with Gasteiger partial charge in [-0.1, -0.05) is 88.4 Å². The summed E-state index contributed by atoms with van der Waals surface area (Å²) in [5.41, 5.74) is 6.93. The van der Waals surface area contributed by atoms with Crippen LogP contribution in [0.15, 0.2) is 72.8 Å². The van der Waals surface area contributed by atoms with E-state index in [1.54, 1.807) is 0 Å². The Kier molecular flexibility index (Phi) is 5.97. The van der Waals surface area contributed by atoms with Crippen molar-refractivity contribution in [2.75, 3.05) is 13.2 Å². The van der Waals surface area contributed by atoms with E-state index in [1.807, 2.05) is 48.5 Å². The van der Waals surface area contributed by atoms with Gasteiger partial charge in [-0.3, -0.25) is 0 Å². The summed E-state index contributed by atoms with van der Waals surface area (Å²) in [4.78, 5) is 12.1. The van der Waals surface area contributed by atoms with E-state index < -0.39 is 6.09 Å². The number of fused-ring (bicyclic) bond motifs is 3. The molecule has 0 saturated carbocycles. The normalized spacial score (nSPS) is 11.8. The Morgan fingerprint density at radius 2 is 1.66 bits per heavy atom. The fourth-order valence-corrected chi connectivity index (χ4v) is 3.99. The van der Waals surface area contributed by atoms with Gasteiger partial charge in [0.25, 0.3) is 0 Å². The molecule has 3 aromatic rings. The topological polar surface area (TPSA) is 38.3 Å². The number of nitrogens with one attached hydrogen (secondary N) is 1. The lowest BCUT2D eigenvalue weighted by Gasteiger charge is -2.14. The van der Waals surface area contributed by atoms with E-state index in [4.69, 9.17) is 4.74 Å². The van der Waals surface area contributed by atoms with Crippen LogP contribution in [0, 0.1) is 11.8 Å². The molecule has 1 amide bonds. The van der Waals surface area contributed by atoms with Crippen LogP contribution in [-0.2, 0) is 10.1 Å². The summed E-state index contributed by atoms with van der Waals surface area (Å²) in [6.07, 6.45) is -0.449. The molecule has 4 heteroatoms. The zero-order valence-electron chi connectivity index (χ0n) is 15.8. The monoisotopic (exact) mass is 445 g/mol. The van der Waals surface area contributed by atoms with Gasteiger partial charge in [0.15, 0.2) is 0 Å². The van der Waals surface area contributed by atoms with E-state index in [1.165, 1.54) is 27.8 Å². The third-order valence-electron chi connectivity index (χ3n) is 4.98. The van der Waals surface area contributed by atoms with Crippen molar-refractivity contribution < 1.29 is 9.53 Å². The Hall–Kier alpha value is -3.03. The average Bonchev–Trinajstić information content (AvgIpc) is 3.09. The number of hydrogen-bond acceptors (Lipinski definition) is 2. The van der Waals surface area contributed by atoms with Gasteiger partial charge in [0, 0.05) is 16.8 Å². The molecular weight excluding hydrogens is 426 g/mol. The molecule has 0 spiro atoms. The predicted molar refractivity (Wildman–Crippen MR) is 119 cm³/mol. The fourth-order valence-electron chi connectivity index (χ4n) is 3.64. The highest BCUT2D eigenvalue weighted by Crippen LogP contribution is 2.44. The van der Waals surface area contributed by atoms with Crippen LogP contribution in [0.4, 0.5) is 4.79 Å². The molecule has 29 heavy (non-hydrogen) atoms. The third-order valence-corrected chi connectivity index (χ3v) is 5.63. The van der Waals surface area contributed by atoms with Crippen LogP contribution in [0.2, 0.25) is 0 Å². The number of carbonyl (C=O) groups excluding carboxylic acids is 1. The standard InChI is InChI=1S/C25H20BrNO2/c26-16-19-8-5-7-18(15-19)9-6-14-27-25(28)29-17-24-22-12-3-1-10-20(22)21-11-2-4-13-23(21)24/h1-5,7-8,10-13,15,24H,14,16-17H2,(H,27,28). The molecule has 0 unspecified atom stereocenters. The molecule has 0 aliphatic heterocycles. The molecule has 0 bridgehead atoms.